The highest BCUT2D eigenvalue weighted by Gasteiger charge is 2.32. The van der Waals surface area contributed by atoms with Gasteiger partial charge >= 0.3 is 0 Å². The van der Waals surface area contributed by atoms with Gasteiger partial charge in [-0.15, -0.1) is 0 Å². The summed E-state index contributed by atoms with van der Waals surface area (Å²) in [5.41, 5.74) is 0.506. The van der Waals surface area contributed by atoms with Crippen LogP contribution in [0.3, 0.4) is 0 Å². The lowest BCUT2D eigenvalue weighted by Crippen LogP contribution is -2.33. The van der Waals surface area contributed by atoms with E-state index in [0.29, 0.717) is 5.75 Å². The molecule has 0 aromatic heterocycles. The zero-order valence-corrected chi connectivity index (χ0v) is 11.3. The van der Waals surface area contributed by atoms with Gasteiger partial charge in [0.1, 0.15) is 29.8 Å². The molecule has 104 valence electrons. The Labute approximate surface area is 115 Å². The molecule has 0 spiro atoms. The fourth-order valence-electron chi connectivity index (χ4n) is 2.09. The maximum atomic E-state index is 12.2. The average molecular weight is 274 g/mol. The number of hydrogen-bond acceptors (Lipinski definition) is 5. The Morgan fingerprint density at radius 3 is 2.55 bits per heavy atom. The van der Waals surface area contributed by atoms with Crippen molar-refractivity contribution in [3.05, 3.63) is 29.3 Å². The van der Waals surface area contributed by atoms with Gasteiger partial charge in [0.05, 0.1) is 12.0 Å². The van der Waals surface area contributed by atoms with Crippen LogP contribution in [0.5, 0.6) is 5.75 Å². The van der Waals surface area contributed by atoms with Gasteiger partial charge in [-0.05, 0) is 32.0 Å². The summed E-state index contributed by atoms with van der Waals surface area (Å²) in [6.07, 6.45) is -0.204. The van der Waals surface area contributed by atoms with E-state index < -0.39 is 5.92 Å². The van der Waals surface area contributed by atoms with Crippen molar-refractivity contribution in [1.29, 1.82) is 0 Å². The van der Waals surface area contributed by atoms with Crippen LogP contribution < -0.4 is 4.74 Å². The summed E-state index contributed by atoms with van der Waals surface area (Å²) >= 11 is 0. The number of ketones is 4. The third kappa shape index (κ3) is 2.66. The minimum Gasteiger partial charge on any atom is -0.492 e. The van der Waals surface area contributed by atoms with Crippen molar-refractivity contribution in [1.82, 2.24) is 0 Å². The van der Waals surface area contributed by atoms with Crippen molar-refractivity contribution in [2.75, 3.05) is 6.61 Å². The molecular weight excluding hydrogens is 260 g/mol. The largest absolute Gasteiger partial charge is 0.492 e. The average Bonchev–Trinajstić information content (AvgIpc) is 2.37. The Bertz CT molecular complexity index is 615. The first kappa shape index (κ1) is 14.1. The first-order valence-electron chi connectivity index (χ1n) is 6.24. The standard InChI is InChI=1S/C15H14O5/c1-8(16)5-13(18)10-3-4-14-11(6-10)15(19)12(7-20-14)9(2)17/h3-4,6,12H,5,7H2,1-2H3. The Morgan fingerprint density at radius 1 is 1.25 bits per heavy atom. The molecule has 5 heteroatoms. The van der Waals surface area contributed by atoms with Crippen molar-refractivity contribution < 1.29 is 23.9 Å². The lowest BCUT2D eigenvalue weighted by atomic mass is 9.90. The summed E-state index contributed by atoms with van der Waals surface area (Å²) in [6.45, 7) is 2.69. The Kier molecular flexibility index (Phi) is 3.79. The van der Waals surface area contributed by atoms with Gasteiger partial charge < -0.3 is 4.74 Å². The summed E-state index contributed by atoms with van der Waals surface area (Å²) < 4.78 is 5.36. The van der Waals surface area contributed by atoms with E-state index in [9.17, 15) is 19.2 Å². The van der Waals surface area contributed by atoms with Gasteiger partial charge in [-0.25, -0.2) is 0 Å². The van der Waals surface area contributed by atoms with Gasteiger partial charge in [-0.2, -0.15) is 0 Å². The first-order chi connectivity index (χ1) is 9.40. The van der Waals surface area contributed by atoms with Crippen LogP contribution >= 0.6 is 0 Å². The van der Waals surface area contributed by atoms with Gasteiger partial charge in [0.15, 0.2) is 11.6 Å². The van der Waals surface area contributed by atoms with Crippen molar-refractivity contribution in [2.24, 2.45) is 5.92 Å². The van der Waals surface area contributed by atoms with E-state index in [1.807, 2.05) is 0 Å². The molecule has 0 radical (unpaired) electrons. The van der Waals surface area contributed by atoms with Crippen molar-refractivity contribution in [3.8, 4) is 5.75 Å². The topological polar surface area (TPSA) is 77.5 Å². The van der Waals surface area contributed by atoms with Gasteiger partial charge in [0, 0.05) is 5.56 Å². The molecule has 1 aromatic carbocycles. The van der Waals surface area contributed by atoms with Crippen LogP contribution in [0.4, 0.5) is 0 Å². The fourth-order valence-corrected chi connectivity index (χ4v) is 2.09. The van der Waals surface area contributed by atoms with Crippen LogP contribution in [0.2, 0.25) is 0 Å². The van der Waals surface area contributed by atoms with E-state index in [2.05, 4.69) is 0 Å². The molecule has 1 aromatic rings. The molecule has 1 unspecified atom stereocenters. The molecule has 0 N–H and O–H groups in total. The van der Waals surface area contributed by atoms with E-state index in [1.54, 1.807) is 0 Å². The second kappa shape index (κ2) is 5.36. The zero-order chi connectivity index (χ0) is 14.9. The molecule has 0 fully saturated rings. The van der Waals surface area contributed by atoms with Crippen molar-refractivity contribution in [3.63, 3.8) is 0 Å². The molecule has 0 amide bonds. The maximum Gasteiger partial charge on any atom is 0.180 e. The van der Waals surface area contributed by atoms with Crippen LogP contribution in [-0.4, -0.2) is 29.7 Å². The van der Waals surface area contributed by atoms with E-state index in [-0.39, 0.29) is 47.3 Å². The first-order valence-corrected chi connectivity index (χ1v) is 6.24. The predicted molar refractivity (Wildman–Crippen MR) is 70.1 cm³/mol. The minimum absolute atomic E-state index is 0.0297. The normalized spacial score (nSPS) is 17.1. The number of benzene rings is 1. The lowest BCUT2D eigenvalue weighted by Gasteiger charge is -2.22. The number of fused-ring (bicyclic) bond motifs is 1. The molecule has 2 rings (SSSR count). The van der Waals surface area contributed by atoms with Crippen LogP contribution in [0, 0.1) is 5.92 Å². The summed E-state index contributed by atoms with van der Waals surface area (Å²) in [5.74, 6) is -1.64. The second-order valence-corrected chi connectivity index (χ2v) is 4.85. The molecule has 1 aliphatic rings. The van der Waals surface area contributed by atoms with E-state index in [0.717, 1.165) is 0 Å². The third-order valence-electron chi connectivity index (χ3n) is 3.19. The van der Waals surface area contributed by atoms with Crippen LogP contribution in [-0.2, 0) is 9.59 Å². The highest BCUT2D eigenvalue weighted by Crippen LogP contribution is 2.29. The van der Waals surface area contributed by atoms with E-state index in [1.165, 1.54) is 32.0 Å². The number of Topliss-reactive ketones (excluding diaryl/α,β-unsaturated/α-hetero) is 4. The Morgan fingerprint density at radius 2 is 1.95 bits per heavy atom. The molecule has 5 nitrogen and oxygen atoms in total. The molecule has 20 heavy (non-hydrogen) atoms. The summed E-state index contributed by atoms with van der Waals surface area (Å²) in [5, 5.41) is 0. The van der Waals surface area contributed by atoms with Crippen molar-refractivity contribution in [2.45, 2.75) is 20.3 Å². The SMILES string of the molecule is CC(=O)CC(=O)c1ccc2c(c1)C(=O)C(C(C)=O)CO2. The molecule has 0 aliphatic carbocycles. The maximum absolute atomic E-state index is 12.2. The zero-order valence-electron chi connectivity index (χ0n) is 11.3. The van der Waals surface area contributed by atoms with Gasteiger partial charge in [-0.3, -0.25) is 19.2 Å². The number of rotatable bonds is 4. The highest BCUT2D eigenvalue weighted by atomic mass is 16.5. The summed E-state index contributed by atoms with van der Waals surface area (Å²) in [4.78, 5) is 46.3. The molecule has 0 saturated heterocycles. The van der Waals surface area contributed by atoms with Gasteiger partial charge in [-0.1, -0.05) is 0 Å². The van der Waals surface area contributed by atoms with Crippen LogP contribution in [0.25, 0.3) is 0 Å². The number of hydrogen-bond donors (Lipinski definition) is 0. The van der Waals surface area contributed by atoms with E-state index in [4.69, 9.17) is 4.74 Å². The van der Waals surface area contributed by atoms with Gasteiger partial charge in [0.2, 0.25) is 0 Å². The summed E-state index contributed by atoms with van der Waals surface area (Å²) in [6, 6.07) is 4.44. The smallest absolute Gasteiger partial charge is 0.180 e. The molecule has 1 aliphatic heterocycles. The fraction of sp³-hybridized carbons (Fsp3) is 0.333. The second-order valence-electron chi connectivity index (χ2n) is 4.85. The molecular formula is C15H14O5. The van der Waals surface area contributed by atoms with Crippen molar-refractivity contribution >= 4 is 23.1 Å². The Hall–Kier alpha value is -2.30. The molecule has 0 bridgehead atoms. The van der Waals surface area contributed by atoms with E-state index >= 15 is 0 Å². The van der Waals surface area contributed by atoms with Crippen LogP contribution in [0.1, 0.15) is 41.0 Å². The van der Waals surface area contributed by atoms with Crippen LogP contribution in [0.15, 0.2) is 18.2 Å². The monoisotopic (exact) mass is 274 g/mol. The van der Waals surface area contributed by atoms with Gasteiger partial charge in [0.25, 0.3) is 0 Å². The summed E-state index contributed by atoms with van der Waals surface area (Å²) in [7, 11) is 0. The molecule has 0 saturated carbocycles. The predicted octanol–water partition coefficient (Wildman–Crippen LogP) is 1.63. The lowest BCUT2D eigenvalue weighted by molar-refractivity contribution is -0.120. The highest BCUT2D eigenvalue weighted by molar-refractivity contribution is 6.14. The quantitative estimate of drug-likeness (QED) is 0.616. The molecule has 1 atom stereocenters. The third-order valence-corrected chi connectivity index (χ3v) is 3.19. The number of ether oxygens (including phenoxy) is 1. The minimum atomic E-state index is -0.819. The Balaban J connectivity index is 2.35. The molecule has 1 heterocycles. The number of carbonyl (C=O) groups excluding carboxylic acids is 4. The number of carbonyl (C=O) groups is 4.